The molecule has 0 saturated carbocycles. The Bertz CT molecular complexity index is 371. The predicted molar refractivity (Wildman–Crippen MR) is 50.9 cm³/mol. The summed E-state index contributed by atoms with van der Waals surface area (Å²) in [6.07, 6.45) is 5.14. The Balaban J connectivity index is 2.80. The molecular formula is C10H9NO3. The van der Waals surface area contributed by atoms with Crippen LogP contribution in [0.15, 0.2) is 24.4 Å². The van der Waals surface area contributed by atoms with E-state index in [1.165, 1.54) is 12.2 Å². The summed E-state index contributed by atoms with van der Waals surface area (Å²) in [6.45, 7) is 0. The highest BCUT2D eigenvalue weighted by molar-refractivity contribution is 5.80. The second-order valence-electron chi connectivity index (χ2n) is 2.60. The smallest absolute Gasteiger partial charge is 0.307 e. The van der Waals surface area contributed by atoms with Gasteiger partial charge in [-0.25, -0.2) is 0 Å². The molecule has 1 aromatic rings. The summed E-state index contributed by atoms with van der Waals surface area (Å²) in [5, 5.41) is 8.38. The summed E-state index contributed by atoms with van der Waals surface area (Å²) in [4.78, 5) is 24.7. The number of nitrogens with zero attached hydrogens (tertiary/aromatic N) is 1. The number of carbonyl (C=O) groups is 2. The molecule has 0 aliphatic rings. The Labute approximate surface area is 80.9 Å². The van der Waals surface area contributed by atoms with Crippen LogP contribution in [0.3, 0.4) is 0 Å². The second kappa shape index (κ2) is 4.91. The molecule has 0 aromatic carbocycles. The van der Waals surface area contributed by atoms with Crippen molar-refractivity contribution in [3.8, 4) is 0 Å². The van der Waals surface area contributed by atoms with Gasteiger partial charge in [-0.2, -0.15) is 0 Å². The molecular weight excluding hydrogens is 182 g/mol. The summed E-state index contributed by atoms with van der Waals surface area (Å²) < 4.78 is 0. The Morgan fingerprint density at radius 2 is 2.36 bits per heavy atom. The van der Waals surface area contributed by atoms with Crippen LogP contribution in [0.25, 0.3) is 6.08 Å². The standard InChI is InChI=1S/C10H9NO3/c12-7-8-3-2-6-11-9(8)4-1-5-10(13)14/h1-4,6-7H,5H2,(H,13,14). The van der Waals surface area contributed by atoms with Crippen molar-refractivity contribution in [2.75, 3.05) is 0 Å². The largest absolute Gasteiger partial charge is 0.481 e. The fraction of sp³-hybridized carbons (Fsp3) is 0.100. The minimum atomic E-state index is -0.912. The highest BCUT2D eigenvalue weighted by atomic mass is 16.4. The monoisotopic (exact) mass is 191 g/mol. The van der Waals surface area contributed by atoms with Gasteiger partial charge in [0.2, 0.25) is 0 Å². The zero-order valence-electron chi connectivity index (χ0n) is 7.38. The molecule has 1 rings (SSSR count). The number of rotatable bonds is 4. The first kappa shape index (κ1) is 10.1. The van der Waals surface area contributed by atoms with E-state index in [-0.39, 0.29) is 6.42 Å². The first-order valence-corrected chi connectivity index (χ1v) is 4.02. The number of carboxylic acid groups (broad SMARTS) is 1. The lowest BCUT2D eigenvalue weighted by Crippen LogP contribution is -1.92. The minimum absolute atomic E-state index is 0.0745. The molecule has 0 atom stereocenters. The Hall–Kier alpha value is -1.97. The molecule has 0 saturated heterocycles. The van der Waals surface area contributed by atoms with Gasteiger partial charge in [0.05, 0.1) is 12.1 Å². The van der Waals surface area contributed by atoms with E-state index in [0.29, 0.717) is 17.5 Å². The molecule has 72 valence electrons. The van der Waals surface area contributed by atoms with Crippen molar-refractivity contribution in [1.29, 1.82) is 0 Å². The Morgan fingerprint density at radius 3 is 3.00 bits per heavy atom. The van der Waals surface area contributed by atoms with E-state index in [4.69, 9.17) is 5.11 Å². The molecule has 1 N–H and O–H groups in total. The first-order chi connectivity index (χ1) is 6.74. The predicted octanol–water partition coefficient (Wildman–Crippen LogP) is 1.38. The van der Waals surface area contributed by atoms with Gasteiger partial charge in [-0.3, -0.25) is 14.6 Å². The summed E-state index contributed by atoms with van der Waals surface area (Å²) in [6, 6.07) is 3.28. The Kier molecular flexibility index (Phi) is 3.55. The molecule has 0 aliphatic carbocycles. The van der Waals surface area contributed by atoms with E-state index in [9.17, 15) is 9.59 Å². The lowest BCUT2D eigenvalue weighted by atomic mass is 10.2. The molecule has 0 spiro atoms. The van der Waals surface area contributed by atoms with Crippen LogP contribution in [0, 0.1) is 0 Å². The highest BCUT2D eigenvalue weighted by Gasteiger charge is 1.97. The maximum Gasteiger partial charge on any atom is 0.307 e. The lowest BCUT2D eigenvalue weighted by molar-refractivity contribution is -0.135. The number of hydrogen-bond acceptors (Lipinski definition) is 3. The van der Waals surface area contributed by atoms with E-state index in [1.807, 2.05) is 0 Å². The van der Waals surface area contributed by atoms with Crippen LogP contribution in [0.4, 0.5) is 0 Å². The van der Waals surface area contributed by atoms with Gasteiger partial charge in [0, 0.05) is 11.8 Å². The quantitative estimate of drug-likeness (QED) is 0.730. The maximum atomic E-state index is 10.5. The van der Waals surface area contributed by atoms with E-state index < -0.39 is 5.97 Å². The van der Waals surface area contributed by atoms with Gasteiger partial charge in [-0.15, -0.1) is 0 Å². The maximum absolute atomic E-state index is 10.5. The molecule has 0 fully saturated rings. The topological polar surface area (TPSA) is 67.3 Å². The van der Waals surface area contributed by atoms with Gasteiger partial charge in [0.15, 0.2) is 6.29 Å². The van der Waals surface area contributed by atoms with Crippen molar-refractivity contribution < 1.29 is 14.7 Å². The third-order valence-corrected chi connectivity index (χ3v) is 1.57. The molecule has 0 unspecified atom stereocenters. The zero-order chi connectivity index (χ0) is 10.4. The molecule has 0 amide bonds. The van der Waals surface area contributed by atoms with Crippen molar-refractivity contribution in [3.63, 3.8) is 0 Å². The number of pyridine rings is 1. The van der Waals surface area contributed by atoms with Crippen LogP contribution in [-0.4, -0.2) is 22.3 Å². The minimum Gasteiger partial charge on any atom is -0.481 e. The third-order valence-electron chi connectivity index (χ3n) is 1.57. The molecule has 4 heteroatoms. The summed E-state index contributed by atoms with van der Waals surface area (Å²) in [5.41, 5.74) is 0.942. The number of carboxylic acids is 1. The van der Waals surface area contributed by atoms with Crippen LogP contribution in [0.1, 0.15) is 22.5 Å². The van der Waals surface area contributed by atoms with Gasteiger partial charge in [-0.05, 0) is 18.2 Å². The second-order valence-corrected chi connectivity index (χ2v) is 2.60. The fourth-order valence-corrected chi connectivity index (χ4v) is 0.940. The van der Waals surface area contributed by atoms with Gasteiger partial charge in [0.1, 0.15) is 0 Å². The Morgan fingerprint density at radius 1 is 1.57 bits per heavy atom. The van der Waals surface area contributed by atoms with Crippen molar-refractivity contribution >= 4 is 18.3 Å². The lowest BCUT2D eigenvalue weighted by Gasteiger charge is -1.95. The zero-order valence-corrected chi connectivity index (χ0v) is 7.38. The van der Waals surface area contributed by atoms with Crippen LogP contribution in [-0.2, 0) is 4.79 Å². The molecule has 14 heavy (non-hydrogen) atoms. The van der Waals surface area contributed by atoms with Crippen molar-refractivity contribution in [2.24, 2.45) is 0 Å². The highest BCUT2D eigenvalue weighted by Crippen LogP contribution is 2.04. The van der Waals surface area contributed by atoms with Crippen LogP contribution >= 0.6 is 0 Å². The number of hydrogen-bond donors (Lipinski definition) is 1. The van der Waals surface area contributed by atoms with E-state index >= 15 is 0 Å². The summed E-state index contributed by atoms with van der Waals surface area (Å²) >= 11 is 0. The number of aliphatic carboxylic acids is 1. The number of carbonyl (C=O) groups excluding carboxylic acids is 1. The SMILES string of the molecule is O=Cc1cccnc1C=CCC(=O)O. The molecule has 0 radical (unpaired) electrons. The summed E-state index contributed by atoms with van der Waals surface area (Å²) in [7, 11) is 0. The third kappa shape index (κ3) is 2.82. The van der Waals surface area contributed by atoms with Gasteiger partial charge in [-0.1, -0.05) is 6.08 Å². The van der Waals surface area contributed by atoms with E-state index in [1.54, 1.807) is 18.3 Å². The van der Waals surface area contributed by atoms with Crippen LogP contribution < -0.4 is 0 Å². The van der Waals surface area contributed by atoms with Crippen LogP contribution in [0.5, 0.6) is 0 Å². The molecule has 1 aromatic heterocycles. The van der Waals surface area contributed by atoms with Crippen LogP contribution in [0.2, 0.25) is 0 Å². The van der Waals surface area contributed by atoms with Gasteiger partial charge < -0.3 is 5.11 Å². The van der Waals surface area contributed by atoms with Crippen molar-refractivity contribution in [1.82, 2.24) is 4.98 Å². The fourth-order valence-electron chi connectivity index (χ4n) is 0.940. The average Bonchev–Trinajstić information content (AvgIpc) is 2.18. The average molecular weight is 191 g/mol. The molecule has 4 nitrogen and oxygen atoms in total. The summed E-state index contributed by atoms with van der Waals surface area (Å²) in [5.74, 6) is -0.912. The molecule has 1 heterocycles. The normalized spacial score (nSPS) is 10.3. The van der Waals surface area contributed by atoms with Crippen molar-refractivity contribution in [3.05, 3.63) is 35.7 Å². The van der Waals surface area contributed by atoms with Gasteiger partial charge >= 0.3 is 5.97 Å². The van der Waals surface area contributed by atoms with E-state index in [0.717, 1.165) is 0 Å². The van der Waals surface area contributed by atoms with Gasteiger partial charge in [0.25, 0.3) is 0 Å². The number of aldehydes is 1. The molecule has 0 bridgehead atoms. The van der Waals surface area contributed by atoms with Crippen molar-refractivity contribution in [2.45, 2.75) is 6.42 Å². The number of aromatic nitrogens is 1. The first-order valence-electron chi connectivity index (χ1n) is 4.02. The van der Waals surface area contributed by atoms with E-state index in [2.05, 4.69) is 4.98 Å². The molecule has 0 aliphatic heterocycles.